The molecule has 1 aliphatic heterocycles. The normalized spacial score (nSPS) is 15.5. The van der Waals surface area contributed by atoms with Crippen molar-refractivity contribution in [2.75, 3.05) is 20.8 Å². The van der Waals surface area contributed by atoms with Crippen LogP contribution < -0.4 is 14.2 Å². The number of methoxy groups -OCH3 is 2. The van der Waals surface area contributed by atoms with Crippen molar-refractivity contribution in [3.63, 3.8) is 0 Å². The number of ether oxygens (including phenoxy) is 2. The third-order valence-electron chi connectivity index (χ3n) is 6.68. The molecule has 0 fully saturated rings. The summed E-state index contributed by atoms with van der Waals surface area (Å²) in [4.78, 5) is 14.5. The number of benzene rings is 3. The average molecular weight is 533 g/mol. The topological polar surface area (TPSA) is 98.1 Å². The molecule has 0 bridgehead atoms. The standard InChI is InChI=1S/C29H28N2O6S/c1-35-26-17-22-14-15-31(28(21-7-4-3-5-8-21)24(22)18-27(26)36-2)19-20-10-12-23(13-11-20)38(33,34)30-29(32)25-9-6-16-37-25/h3-13,16-18,28H,14-15,19H2,1-2H3,(H,30,32). The molecule has 1 aromatic heterocycles. The van der Waals surface area contributed by atoms with E-state index < -0.39 is 15.9 Å². The highest BCUT2D eigenvalue weighted by atomic mass is 32.2. The van der Waals surface area contributed by atoms with Crippen LogP contribution in [-0.4, -0.2) is 40.0 Å². The first-order valence-corrected chi connectivity index (χ1v) is 13.6. The van der Waals surface area contributed by atoms with E-state index in [2.05, 4.69) is 29.2 Å². The number of carbonyl (C=O) groups excluding carboxylic acids is 1. The Morgan fingerprint density at radius 3 is 2.34 bits per heavy atom. The molecule has 3 aromatic carbocycles. The Balaban J connectivity index is 1.41. The molecule has 1 amide bonds. The molecule has 38 heavy (non-hydrogen) atoms. The van der Waals surface area contributed by atoms with Crippen LogP contribution in [0.1, 0.15) is 38.9 Å². The van der Waals surface area contributed by atoms with E-state index in [-0.39, 0.29) is 16.7 Å². The first-order valence-electron chi connectivity index (χ1n) is 12.1. The van der Waals surface area contributed by atoms with Crippen LogP contribution >= 0.6 is 0 Å². The summed E-state index contributed by atoms with van der Waals surface area (Å²) in [6, 6.07) is 23.9. The van der Waals surface area contributed by atoms with Crippen molar-refractivity contribution in [3.8, 4) is 11.5 Å². The van der Waals surface area contributed by atoms with Gasteiger partial charge < -0.3 is 13.9 Å². The van der Waals surface area contributed by atoms with Crippen LogP contribution in [0.15, 0.2) is 94.4 Å². The van der Waals surface area contributed by atoms with Crippen molar-refractivity contribution in [1.82, 2.24) is 9.62 Å². The van der Waals surface area contributed by atoms with E-state index in [1.54, 1.807) is 26.4 Å². The van der Waals surface area contributed by atoms with Gasteiger partial charge in [-0.1, -0.05) is 42.5 Å². The number of hydrogen-bond donors (Lipinski definition) is 1. The number of nitrogens with zero attached hydrogens (tertiary/aromatic N) is 1. The van der Waals surface area contributed by atoms with Crippen LogP contribution in [0.2, 0.25) is 0 Å². The van der Waals surface area contributed by atoms with Crippen LogP contribution in [-0.2, 0) is 23.0 Å². The lowest BCUT2D eigenvalue weighted by Gasteiger charge is -2.38. The summed E-state index contributed by atoms with van der Waals surface area (Å²) >= 11 is 0. The Labute approximate surface area is 221 Å². The minimum absolute atomic E-state index is 0.00147. The van der Waals surface area contributed by atoms with Gasteiger partial charge in [-0.05, 0) is 65.1 Å². The number of nitrogens with one attached hydrogen (secondary N) is 1. The lowest BCUT2D eigenvalue weighted by molar-refractivity contribution is 0.0954. The fourth-order valence-corrected chi connectivity index (χ4v) is 5.80. The second-order valence-corrected chi connectivity index (χ2v) is 10.7. The zero-order chi connectivity index (χ0) is 26.7. The van der Waals surface area contributed by atoms with Crippen LogP contribution in [0, 0.1) is 0 Å². The number of carbonyl (C=O) groups is 1. The Morgan fingerprint density at radius 1 is 0.974 bits per heavy atom. The van der Waals surface area contributed by atoms with E-state index in [1.807, 2.05) is 22.9 Å². The molecule has 9 heteroatoms. The minimum atomic E-state index is -4.04. The number of hydrogen-bond acceptors (Lipinski definition) is 7. The average Bonchev–Trinajstić information content (AvgIpc) is 3.48. The van der Waals surface area contributed by atoms with Gasteiger partial charge in [0.15, 0.2) is 17.3 Å². The predicted octanol–water partition coefficient (Wildman–Crippen LogP) is 4.56. The van der Waals surface area contributed by atoms with Gasteiger partial charge in [-0.3, -0.25) is 9.69 Å². The number of amides is 1. The smallest absolute Gasteiger partial charge is 0.300 e. The molecule has 1 aliphatic rings. The number of fused-ring (bicyclic) bond motifs is 1. The van der Waals surface area contributed by atoms with Gasteiger partial charge in [-0.2, -0.15) is 0 Å². The van der Waals surface area contributed by atoms with Gasteiger partial charge in [0, 0.05) is 13.1 Å². The minimum Gasteiger partial charge on any atom is -0.493 e. The number of sulfonamides is 1. The Kier molecular flexibility index (Phi) is 7.22. The lowest BCUT2D eigenvalue weighted by atomic mass is 9.87. The largest absolute Gasteiger partial charge is 0.493 e. The van der Waals surface area contributed by atoms with Gasteiger partial charge in [0.1, 0.15) is 0 Å². The molecule has 0 saturated heterocycles. The van der Waals surface area contributed by atoms with E-state index in [0.717, 1.165) is 29.7 Å². The highest BCUT2D eigenvalue weighted by Gasteiger charge is 2.30. The monoisotopic (exact) mass is 532 g/mol. The van der Waals surface area contributed by atoms with Crippen LogP contribution in [0.5, 0.6) is 11.5 Å². The summed E-state index contributed by atoms with van der Waals surface area (Å²) in [5.41, 5.74) is 4.47. The molecule has 196 valence electrons. The van der Waals surface area contributed by atoms with Gasteiger partial charge >= 0.3 is 5.91 Å². The Morgan fingerprint density at radius 2 is 1.68 bits per heavy atom. The van der Waals surface area contributed by atoms with Gasteiger partial charge in [-0.15, -0.1) is 0 Å². The van der Waals surface area contributed by atoms with Gasteiger partial charge in [0.05, 0.1) is 31.4 Å². The molecular weight excluding hydrogens is 504 g/mol. The summed E-state index contributed by atoms with van der Waals surface area (Å²) in [6.07, 6.45) is 2.15. The van der Waals surface area contributed by atoms with Gasteiger partial charge in [0.2, 0.25) is 0 Å². The van der Waals surface area contributed by atoms with Crippen LogP contribution in [0.3, 0.4) is 0 Å². The zero-order valence-corrected chi connectivity index (χ0v) is 21.9. The lowest BCUT2D eigenvalue weighted by Crippen LogP contribution is -2.35. The highest BCUT2D eigenvalue weighted by molar-refractivity contribution is 7.90. The second-order valence-electron chi connectivity index (χ2n) is 9.00. The molecular formula is C29H28N2O6S. The molecule has 5 rings (SSSR count). The maximum absolute atomic E-state index is 12.7. The number of rotatable bonds is 8. The SMILES string of the molecule is COc1cc2c(cc1OC)C(c1ccccc1)N(Cc1ccc(S(=O)(=O)NC(=O)c3ccco3)cc1)CC2. The molecule has 1 atom stereocenters. The van der Waals surface area contributed by atoms with Crippen molar-refractivity contribution >= 4 is 15.9 Å². The summed E-state index contributed by atoms with van der Waals surface area (Å²) in [5, 5.41) is 0. The van der Waals surface area contributed by atoms with Crippen LogP contribution in [0.25, 0.3) is 0 Å². The third kappa shape index (κ3) is 5.16. The molecule has 1 N–H and O–H groups in total. The van der Waals surface area contributed by atoms with Gasteiger partial charge in [0.25, 0.3) is 10.0 Å². The van der Waals surface area contributed by atoms with E-state index >= 15 is 0 Å². The molecule has 1 unspecified atom stereocenters. The first-order chi connectivity index (χ1) is 18.4. The molecule has 0 aliphatic carbocycles. The van der Waals surface area contributed by atoms with E-state index in [9.17, 15) is 13.2 Å². The predicted molar refractivity (Wildman–Crippen MR) is 142 cm³/mol. The molecule has 2 heterocycles. The highest BCUT2D eigenvalue weighted by Crippen LogP contribution is 2.41. The summed E-state index contributed by atoms with van der Waals surface area (Å²) in [5.74, 6) is 0.503. The van der Waals surface area contributed by atoms with Crippen molar-refractivity contribution in [3.05, 3.63) is 113 Å². The Hall–Kier alpha value is -4.08. The molecule has 0 radical (unpaired) electrons. The maximum atomic E-state index is 12.7. The summed E-state index contributed by atoms with van der Waals surface area (Å²) < 4.78 is 43.6. The zero-order valence-electron chi connectivity index (χ0n) is 21.1. The molecule has 0 saturated carbocycles. The fraction of sp³-hybridized carbons (Fsp3) is 0.207. The Bertz CT molecular complexity index is 1520. The molecule has 0 spiro atoms. The van der Waals surface area contributed by atoms with Crippen LogP contribution in [0.4, 0.5) is 0 Å². The van der Waals surface area contributed by atoms with E-state index in [0.29, 0.717) is 18.0 Å². The fourth-order valence-electron chi connectivity index (χ4n) is 4.84. The summed E-state index contributed by atoms with van der Waals surface area (Å²) in [6.45, 7) is 1.41. The van der Waals surface area contributed by atoms with E-state index in [1.165, 1.54) is 36.1 Å². The maximum Gasteiger partial charge on any atom is 0.300 e. The molecule has 4 aromatic rings. The second kappa shape index (κ2) is 10.7. The summed E-state index contributed by atoms with van der Waals surface area (Å²) in [7, 11) is -0.769. The van der Waals surface area contributed by atoms with Crippen molar-refractivity contribution in [2.45, 2.75) is 23.9 Å². The number of furan rings is 1. The first kappa shape index (κ1) is 25.6. The van der Waals surface area contributed by atoms with Crippen molar-refractivity contribution in [1.29, 1.82) is 0 Å². The third-order valence-corrected chi connectivity index (χ3v) is 8.03. The van der Waals surface area contributed by atoms with E-state index in [4.69, 9.17) is 13.9 Å². The van der Waals surface area contributed by atoms with Crippen molar-refractivity contribution in [2.24, 2.45) is 0 Å². The quantitative estimate of drug-likeness (QED) is 0.355. The molecule has 8 nitrogen and oxygen atoms in total. The van der Waals surface area contributed by atoms with Gasteiger partial charge in [-0.25, -0.2) is 13.1 Å². The van der Waals surface area contributed by atoms with Crippen molar-refractivity contribution < 1.29 is 27.1 Å².